The second-order valence-corrected chi connectivity index (χ2v) is 7.10. The second kappa shape index (κ2) is 5.73. The van der Waals surface area contributed by atoms with Crippen molar-refractivity contribution in [2.24, 2.45) is 0 Å². The minimum Gasteiger partial charge on any atom is -0.350 e. The topological polar surface area (TPSA) is 3.24 Å². The molecule has 0 radical (unpaired) electrons. The Bertz CT molecular complexity index is 477. The molecule has 0 fully saturated rings. The lowest BCUT2D eigenvalue weighted by Crippen LogP contribution is -2.11. The van der Waals surface area contributed by atoms with Crippen LogP contribution in [0.15, 0.2) is 60.5 Å². The molecule has 1 aromatic carbocycles. The zero-order chi connectivity index (χ0) is 12.3. The summed E-state index contributed by atoms with van der Waals surface area (Å²) in [6.07, 6.45) is 8.00. The minimum atomic E-state index is -1.19. The number of hydrogen-bond donors (Lipinski definition) is 0. The first-order chi connectivity index (χ1) is 8.20. The Morgan fingerprint density at radius 2 is 1.82 bits per heavy atom. The van der Waals surface area contributed by atoms with Crippen molar-refractivity contribution in [2.45, 2.75) is 0 Å². The third kappa shape index (κ3) is 2.93. The third-order valence-electron chi connectivity index (χ3n) is 2.51. The van der Waals surface area contributed by atoms with Crippen molar-refractivity contribution in [1.29, 1.82) is 0 Å². The summed E-state index contributed by atoms with van der Waals surface area (Å²) in [4.78, 5) is 2.03. The molecule has 1 heterocycles. The lowest BCUT2D eigenvalue weighted by Gasteiger charge is -2.23. The van der Waals surface area contributed by atoms with E-state index in [-0.39, 0.29) is 0 Å². The van der Waals surface area contributed by atoms with Crippen LogP contribution in [0.2, 0.25) is 0 Å². The van der Waals surface area contributed by atoms with Crippen molar-refractivity contribution in [2.75, 3.05) is 7.05 Å². The average molecular weight is 284 g/mol. The highest BCUT2D eigenvalue weighted by Crippen LogP contribution is 2.60. The molecule has 1 nitrogen and oxygen atoms in total. The van der Waals surface area contributed by atoms with Crippen molar-refractivity contribution in [3.63, 3.8) is 0 Å². The van der Waals surface area contributed by atoms with Gasteiger partial charge in [-0.2, -0.15) is 0 Å². The van der Waals surface area contributed by atoms with Crippen LogP contribution in [-0.2, 0) is 0 Å². The van der Waals surface area contributed by atoms with E-state index in [1.807, 2.05) is 66.7 Å². The fraction of sp³-hybridized carbons (Fsp3) is 0.0769. The standard InChI is InChI=1S/C13H12Cl2NP/c1-16-10-6-5-9-12(16)13(17(14)15)11-7-3-2-4-8-11/h2-10H,1H3/b13-12-. The number of hydrogen-bond acceptors (Lipinski definition) is 1. The Hall–Kier alpha value is -0.750. The molecule has 0 atom stereocenters. The van der Waals surface area contributed by atoms with Gasteiger partial charge in [0.05, 0.1) is 5.70 Å². The van der Waals surface area contributed by atoms with Crippen molar-refractivity contribution >= 4 is 34.4 Å². The number of likely N-dealkylation sites (N-methyl/N-ethyl adjacent to an activating group) is 1. The monoisotopic (exact) mass is 283 g/mol. The van der Waals surface area contributed by atoms with E-state index in [2.05, 4.69) is 0 Å². The quantitative estimate of drug-likeness (QED) is 0.678. The zero-order valence-electron chi connectivity index (χ0n) is 9.35. The summed E-state index contributed by atoms with van der Waals surface area (Å²) in [6.45, 7) is -1.19. The Morgan fingerprint density at radius 3 is 2.41 bits per heavy atom. The predicted molar refractivity (Wildman–Crippen MR) is 78.0 cm³/mol. The lowest BCUT2D eigenvalue weighted by atomic mass is 10.1. The molecule has 0 saturated carbocycles. The van der Waals surface area contributed by atoms with Gasteiger partial charge in [-0.1, -0.05) is 58.9 Å². The van der Waals surface area contributed by atoms with Gasteiger partial charge in [-0.05, 0) is 17.7 Å². The van der Waals surface area contributed by atoms with E-state index in [1.165, 1.54) is 0 Å². The summed E-state index contributed by atoms with van der Waals surface area (Å²) in [5, 5.41) is 0.993. The van der Waals surface area contributed by atoms with E-state index in [0.717, 1.165) is 16.6 Å². The van der Waals surface area contributed by atoms with Gasteiger partial charge in [-0.15, -0.1) is 0 Å². The van der Waals surface area contributed by atoms with E-state index in [0.29, 0.717) is 0 Å². The van der Waals surface area contributed by atoms with Gasteiger partial charge in [0, 0.05) is 18.6 Å². The summed E-state index contributed by atoms with van der Waals surface area (Å²) in [5.41, 5.74) is 2.13. The fourth-order valence-corrected chi connectivity index (χ4v) is 3.55. The molecule has 0 aliphatic carbocycles. The van der Waals surface area contributed by atoms with E-state index >= 15 is 0 Å². The van der Waals surface area contributed by atoms with Gasteiger partial charge in [0.25, 0.3) is 0 Å². The smallest absolute Gasteiger partial charge is 0.119 e. The maximum absolute atomic E-state index is 6.16. The predicted octanol–water partition coefficient (Wildman–Crippen LogP) is 5.16. The Morgan fingerprint density at radius 1 is 1.12 bits per heavy atom. The molecule has 1 aromatic rings. The van der Waals surface area contributed by atoms with Crippen LogP contribution in [0.5, 0.6) is 0 Å². The fourth-order valence-electron chi connectivity index (χ4n) is 1.70. The minimum absolute atomic E-state index is 0.993. The number of allylic oxidation sites excluding steroid dienone is 3. The second-order valence-electron chi connectivity index (χ2n) is 3.64. The molecule has 17 heavy (non-hydrogen) atoms. The van der Waals surface area contributed by atoms with Crippen LogP contribution in [-0.4, -0.2) is 11.9 Å². The first kappa shape index (κ1) is 12.7. The van der Waals surface area contributed by atoms with Crippen molar-refractivity contribution in [3.05, 3.63) is 66.0 Å². The molecular formula is C13H12Cl2NP. The molecule has 0 aromatic heterocycles. The van der Waals surface area contributed by atoms with Gasteiger partial charge in [0.1, 0.15) is 6.63 Å². The van der Waals surface area contributed by atoms with Gasteiger partial charge < -0.3 is 4.90 Å². The number of halogens is 2. The van der Waals surface area contributed by atoms with Gasteiger partial charge in [0.15, 0.2) is 0 Å². The van der Waals surface area contributed by atoms with Gasteiger partial charge in [0.2, 0.25) is 0 Å². The lowest BCUT2D eigenvalue weighted by molar-refractivity contribution is 0.588. The van der Waals surface area contributed by atoms with E-state index in [4.69, 9.17) is 22.5 Å². The summed E-state index contributed by atoms with van der Waals surface area (Å²) in [5.74, 6) is 0. The van der Waals surface area contributed by atoms with Crippen LogP contribution >= 0.6 is 29.1 Å². The molecular weight excluding hydrogens is 272 g/mol. The average Bonchev–Trinajstić information content (AvgIpc) is 2.33. The molecule has 0 spiro atoms. The maximum Gasteiger partial charge on any atom is 0.119 e. The van der Waals surface area contributed by atoms with Crippen LogP contribution < -0.4 is 0 Å². The van der Waals surface area contributed by atoms with E-state index in [9.17, 15) is 0 Å². The normalized spacial score (nSPS) is 17.8. The van der Waals surface area contributed by atoms with Crippen LogP contribution in [0.25, 0.3) is 5.31 Å². The highest BCUT2D eigenvalue weighted by molar-refractivity contribution is 8.10. The molecule has 88 valence electrons. The van der Waals surface area contributed by atoms with Gasteiger partial charge >= 0.3 is 0 Å². The molecule has 0 amide bonds. The first-order valence-corrected chi connectivity index (χ1v) is 8.34. The molecule has 1 aliphatic heterocycles. The summed E-state index contributed by atoms with van der Waals surface area (Å²) >= 11 is 12.3. The van der Waals surface area contributed by atoms with Crippen LogP contribution in [0, 0.1) is 0 Å². The van der Waals surface area contributed by atoms with Crippen LogP contribution in [0.4, 0.5) is 0 Å². The largest absolute Gasteiger partial charge is 0.350 e. The molecule has 2 rings (SSSR count). The maximum atomic E-state index is 6.16. The molecule has 0 saturated heterocycles. The molecule has 0 bridgehead atoms. The Labute approximate surface area is 112 Å². The molecule has 0 N–H and O–H groups in total. The van der Waals surface area contributed by atoms with Crippen molar-refractivity contribution in [3.8, 4) is 0 Å². The molecule has 4 heteroatoms. The Balaban J connectivity index is 2.53. The highest BCUT2D eigenvalue weighted by Gasteiger charge is 2.17. The SMILES string of the molecule is CN1C=CC=C/C1=C(\c1ccccc1)P(Cl)Cl. The summed E-state index contributed by atoms with van der Waals surface area (Å²) < 4.78 is 0. The van der Waals surface area contributed by atoms with Crippen LogP contribution in [0.3, 0.4) is 0 Å². The number of rotatable bonds is 2. The summed E-state index contributed by atoms with van der Waals surface area (Å²) in [6, 6.07) is 10.0. The first-order valence-electron chi connectivity index (χ1n) is 5.19. The highest BCUT2D eigenvalue weighted by atomic mass is 35.9. The van der Waals surface area contributed by atoms with Crippen LogP contribution in [0.1, 0.15) is 5.56 Å². The molecule has 0 unspecified atom stereocenters. The molecule has 1 aliphatic rings. The van der Waals surface area contributed by atoms with Crippen molar-refractivity contribution < 1.29 is 0 Å². The van der Waals surface area contributed by atoms with E-state index < -0.39 is 6.63 Å². The summed E-state index contributed by atoms with van der Waals surface area (Å²) in [7, 11) is 1.99. The van der Waals surface area contributed by atoms with Gasteiger partial charge in [-0.3, -0.25) is 0 Å². The zero-order valence-corrected chi connectivity index (χ0v) is 11.8. The van der Waals surface area contributed by atoms with Gasteiger partial charge in [-0.25, -0.2) is 0 Å². The van der Waals surface area contributed by atoms with Crippen molar-refractivity contribution in [1.82, 2.24) is 4.90 Å². The number of nitrogens with zero attached hydrogens (tertiary/aromatic N) is 1. The number of benzene rings is 1. The van der Waals surface area contributed by atoms with E-state index in [1.54, 1.807) is 0 Å². The third-order valence-corrected chi connectivity index (χ3v) is 4.35. The Kier molecular flexibility index (Phi) is 4.28.